The molecule has 3 nitrogen and oxygen atoms in total. The van der Waals surface area contributed by atoms with Crippen molar-refractivity contribution in [2.24, 2.45) is 0 Å². The maximum absolute atomic E-state index is 10.3. The van der Waals surface area contributed by atoms with Crippen molar-refractivity contribution in [2.75, 3.05) is 7.11 Å². The van der Waals surface area contributed by atoms with Crippen molar-refractivity contribution in [3.8, 4) is 5.75 Å². The highest BCUT2D eigenvalue weighted by molar-refractivity contribution is 5.39. The van der Waals surface area contributed by atoms with Gasteiger partial charge in [-0.25, -0.2) is 0 Å². The molecule has 2 aromatic carbocycles. The molecule has 0 spiro atoms. The summed E-state index contributed by atoms with van der Waals surface area (Å²) in [6, 6.07) is 15.7. The number of rotatable bonds is 3. The number of fused-ring (bicyclic) bond motifs is 1. The van der Waals surface area contributed by atoms with E-state index in [-0.39, 0.29) is 6.10 Å². The molecule has 3 rings (SSSR count). The molecule has 0 aromatic heterocycles. The van der Waals surface area contributed by atoms with Gasteiger partial charge < -0.3 is 14.6 Å². The Morgan fingerprint density at radius 3 is 2.60 bits per heavy atom. The third-order valence-corrected chi connectivity index (χ3v) is 3.69. The highest BCUT2D eigenvalue weighted by Crippen LogP contribution is 2.41. The van der Waals surface area contributed by atoms with Crippen LogP contribution in [0.1, 0.15) is 35.3 Å². The molecule has 1 heterocycles. The second-order valence-corrected chi connectivity index (χ2v) is 5.03. The van der Waals surface area contributed by atoms with Crippen LogP contribution >= 0.6 is 0 Å². The van der Waals surface area contributed by atoms with E-state index in [0.717, 1.165) is 22.4 Å². The molecule has 2 unspecified atom stereocenters. The predicted molar refractivity (Wildman–Crippen MR) is 76.5 cm³/mol. The third kappa shape index (κ3) is 2.42. The monoisotopic (exact) mass is 270 g/mol. The number of methoxy groups -OCH3 is 1. The van der Waals surface area contributed by atoms with Gasteiger partial charge in [0.05, 0.1) is 12.7 Å². The Morgan fingerprint density at radius 1 is 1.10 bits per heavy atom. The molecule has 0 saturated carbocycles. The van der Waals surface area contributed by atoms with Gasteiger partial charge in [-0.2, -0.15) is 0 Å². The van der Waals surface area contributed by atoms with Gasteiger partial charge in [-0.05, 0) is 17.2 Å². The molecule has 0 fully saturated rings. The molecule has 104 valence electrons. The lowest BCUT2D eigenvalue weighted by molar-refractivity contribution is 0.0642. The predicted octanol–water partition coefficient (Wildman–Crippen LogP) is 3.39. The first-order valence-corrected chi connectivity index (χ1v) is 6.80. The summed E-state index contributed by atoms with van der Waals surface area (Å²) < 4.78 is 11.3. The van der Waals surface area contributed by atoms with Crippen LogP contribution in [0.25, 0.3) is 0 Å². The Hall–Kier alpha value is -1.84. The molecule has 0 saturated heterocycles. The molecule has 1 aliphatic heterocycles. The molecule has 0 radical (unpaired) electrons. The third-order valence-electron chi connectivity index (χ3n) is 3.69. The van der Waals surface area contributed by atoms with Gasteiger partial charge in [0.2, 0.25) is 0 Å². The number of ether oxygens (including phenoxy) is 2. The summed E-state index contributed by atoms with van der Waals surface area (Å²) in [5.74, 6) is 0.767. The average molecular weight is 270 g/mol. The maximum Gasteiger partial charge on any atom is 0.127 e. The molecular formula is C17H18O3. The first kappa shape index (κ1) is 13.2. The summed E-state index contributed by atoms with van der Waals surface area (Å²) in [5.41, 5.74) is 3.06. The molecule has 1 N–H and O–H groups in total. The fraction of sp³-hybridized carbons (Fsp3) is 0.294. The average Bonchev–Trinajstić information content (AvgIpc) is 2.48. The van der Waals surface area contributed by atoms with E-state index in [2.05, 4.69) is 0 Å². The van der Waals surface area contributed by atoms with E-state index in [1.54, 1.807) is 7.11 Å². The normalized spacial score (nSPS) is 21.1. The van der Waals surface area contributed by atoms with Gasteiger partial charge >= 0.3 is 0 Å². The Kier molecular flexibility index (Phi) is 3.72. The number of hydrogen-bond acceptors (Lipinski definition) is 3. The summed E-state index contributed by atoms with van der Waals surface area (Å²) in [6.45, 7) is 0.549. The van der Waals surface area contributed by atoms with Crippen LogP contribution in [0, 0.1) is 0 Å². The topological polar surface area (TPSA) is 38.7 Å². The van der Waals surface area contributed by atoms with E-state index >= 15 is 0 Å². The Balaban J connectivity index is 1.94. The second-order valence-electron chi connectivity index (χ2n) is 5.03. The number of aliphatic hydroxyl groups is 1. The van der Waals surface area contributed by atoms with Crippen molar-refractivity contribution in [2.45, 2.75) is 25.2 Å². The van der Waals surface area contributed by atoms with Crippen molar-refractivity contribution in [3.05, 3.63) is 65.2 Å². The molecule has 0 amide bonds. The number of hydrogen-bond donors (Lipinski definition) is 1. The van der Waals surface area contributed by atoms with E-state index in [4.69, 9.17) is 9.47 Å². The summed E-state index contributed by atoms with van der Waals surface area (Å²) in [5, 5.41) is 10.3. The quantitative estimate of drug-likeness (QED) is 0.929. The lowest BCUT2D eigenvalue weighted by atomic mass is 9.92. The van der Waals surface area contributed by atoms with Gasteiger partial charge in [-0.1, -0.05) is 42.5 Å². The van der Waals surface area contributed by atoms with Crippen molar-refractivity contribution < 1.29 is 14.6 Å². The fourth-order valence-corrected chi connectivity index (χ4v) is 2.72. The van der Waals surface area contributed by atoms with E-state index in [9.17, 15) is 5.11 Å². The zero-order chi connectivity index (χ0) is 13.9. The first-order chi connectivity index (χ1) is 9.79. The van der Waals surface area contributed by atoms with Crippen LogP contribution in [-0.4, -0.2) is 12.2 Å². The van der Waals surface area contributed by atoms with Gasteiger partial charge in [-0.3, -0.25) is 0 Å². The summed E-state index contributed by atoms with van der Waals surface area (Å²) in [7, 11) is 1.68. The van der Waals surface area contributed by atoms with Gasteiger partial charge in [-0.15, -0.1) is 0 Å². The number of benzene rings is 2. The summed E-state index contributed by atoms with van der Waals surface area (Å²) in [4.78, 5) is 0. The molecule has 2 aromatic rings. The van der Waals surface area contributed by atoms with Crippen molar-refractivity contribution >= 4 is 0 Å². The molecular weight excluding hydrogens is 252 g/mol. The van der Waals surface area contributed by atoms with Crippen LogP contribution in [0.2, 0.25) is 0 Å². The minimum atomic E-state index is -0.486. The lowest BCUT2D eigenvalue weighted by Gasteiger charge is -2.30. The fourth-order valence-electron chi connectivity index (χ4n) is 2.72. The van der Waals surface area contributed by atoms with Crippen LogP contribution < -0.4 is 4.74 Å². The maximum atomic E-state index is 10.3. The molecule has 3 heteroatoms. The van der Waals surface area contributed by atoms with Crippen LogP contribution in [0.3, 0.4) is 0 Å². The minimum Gasteiger partial charge on any atom is -0.485 e. The highest BCUT2D eigenvalue weighted by Gasteiger charge is 2.28. The van der Waals surface area contributed by atoms with Gasteiger partial charge in [0.1, 0.15) is 11.9 Å². The molecule has 2 atom stereocenters. The number of para-hydroxylation sites is 1. The summed E-state index contributed by atoms with van der Waals surface area (Å²) in [6.07, 6.45) is -0.0515. The standard InChI is InChI=1S/C17H18O3/c1-19-11-12-6-2-3-7-13(12)17-10-15(18)14-8-4-5-9-16(14)20-17/h2-9,15,17-18H,10-11H2,1H3. The highest BCUT2D eigenvalue weighted by atomic mass is 16.5. The molecule has 1 aliphatic rings. The van der Waals surface area contributed by atoms with Crippen molar-refractivity contribution in [3.63, 3.8) is 0 Å². The Bertz CT molecular complexity index is 594. The zero-order valence-electron chi connectivity index (χ0n) is 11.5. The van der Waals surface area contributed by atoms with Crippen molar-refractivity contribution in [1.82, 2.24) is 0 Å². The SMILES string of the molecule is COCc1ccccc1C1CC(O)c2ccccc2O1. The van der Waals surface area contributed by atoms with Gasteiger partial charge in [0.15, 0.2) is 0 Å². The van der Waals surface area contributed by atoms with Gasteiger partial charge in [0, 0.05) is 19.1 Å². The Labute approximate surface area is 118 Å². The van der Waals surface area contributed by atoms with E-state index in [1.807, 2.05) is 48.5 Å². The zero-order valence-corrected chi connectivity index (χ0v) is 11.5. The number of aliphatic hydroxyl groups excluding tert-OH is 1. The van der Waals surface area contributed by atoms with Crippen LogP contribution in [-0.2, 0) is 11.3 Å². The Morgan fingerprint density at radius 2 is 1.80 bits per heavy atom. The second kappa shape index (κ2) is 5.65. The van der Waals surface area contributed by atoms with Crippen LogP contribution in [0.15, 0.2) is 48.5 Å². The summed E-state index contributed by atoms with van der Waals surface area (Å²) >= 11 is 0. The molecule has 0 aliphatic carbocycles. The molecule has 0 bridgehead atoms. The van der Waals surface area contributed by atoms with E-state index < -0.39 is 6.10 Å². The first-order valence-electron chi connectivity index (χ1n) is 6.80. The van der Waals surface area contributed by atoms with Crippen LogP contribution in [0.4, 0.5) is 0 Å². The lowest BCUT2D eigenvalue weighted by Crippen LogP contribution is -2.20. The largest absolute Gasteiger partial charge is 0.485 e. The smallest absolute Gasteiger partial charge is 0.127 e. The van der Waals surface area contributed by atoms with E-state index in [1.165, 1.54) is 0 Å². The van der Waals surface area contributed by atoms with E-state index in [0.29, 0.717) is 13.0 Å². The van der Waals surface area contributed by atoms with Crippen LogP contribution in [0.5, 0.6) is 5.75 Å². The van der Waals surface area contributed by atoms with Gasteiger partial charge in [0.25, 0.3) is 0 Å². The minimum absolute atomic E-state index is 0.133. The molecule has 20 heavy (non-hydrogen) atoms. The van der Waals surface area contributed by atoms with Crippen molar-refractivity contribution in [1.29, 1.82) is 0 Å².